The lowest BCUT2D eigenvalue weighted by Crippen LogP contribution is -2.42. The third-order valence-corrected chi connectivity index (χ3v) is 5.71. The summed E-state index contributed by atoms with van der Waals surface area (Å²) in [4.78, 5) is 24.3. The monoisotopic (exact) mass is 416 g/mol. The molecule has 0 aliphatic carbocycles. The number of hydrogen-bond acceptors (Lipinski definition) is 7. The highest BCUT2D eigenvalue weighted by atomic mass is 16.5. The number of benzene rings is 2. The first-order valence-corrected chi connectivity index (χ1v) is 10.3. The van der Waals surface area contributed by atoms with Crippen LogP contribution in [0.1, 0.15) is 35.7 Å². The standard InChI is InChI=1S/C24H24N4O3/c1-28-13-11-24(30,12-14-28)22-21(26-19-9-5-6-10-20(19)27-22)18(15-25)23(29)31-16-17-7-3-2-4-8-17/h2-10,18,30H,11-14,16H2,1H3. The first kappa shape index (κ1) is 20.9. The van der Waals surface area contributed by atoms with Gasteiger partial charge < -0.3 is 14.7 Å². The zero-order chi connectivity index (χ0) is 21.8. The van der Waals surface area contributed by atoms with Crippen molar-refractivity contribution in [2.75, 3.05) is 20.1 Å². The third kappa shape index (κ3) is 4.41. The Morgan fingerprint density at radius 1 is 1.13 bits per heavy atom. The highest BCUT2D eigenvalue weighted by Gasteiger charge is 2.40. The lowest BCUT2D eigenvalue weighted by molar-refractivity contribution is -0.145. The van der Waals surface area contributed by atoms with E-state index in [4.69, 9.17) is 4.74 Å². The zero-order valence-corrected chi connectivity index (χ0v) is 17.4. The normalized spacial score (nSPS) is 17.1. The fraction of sp³-hybridized carbons (Fsp3) is 0.333. The Bertz CT molecular complexity index is 1120. The van der Waals surface area contributed by atoms with Crippen LogP contribution in [-0.2, 0) is 21.7 Å². The number of piperidine rings is 1. The number of fused-ring (bicyclic) bond motifs is 1. The molecule has 7 heteroatoms. The van der Waals surface area contributed by atoms with Crippen molar-refractivity contribution in [3.8, 4) is 6.07 Å². The second-order valence-electron chi connectivity index (χ2n) is 7.94. The minimum atomic E-state index is -1.28. The van der Waals surface area contributed by atoms with Crippen LogP contribution in [0.5, 0.6) is 0 Å². The molecule has 4 rings (SSSR count). The van der Waals surface area contributed by atoms with E-state index in [1.54, 1.807) is 6.07 Å². The molecule has 0 spiro atoms. The average molecular weight is 416 g/mol. The van der Waals surface area contributed by atoms with E-state index in [2.05, 4.69) is 14.9 Å². The van der Waals surface area contributed by atoms with E-state index in [1.807, 2.05) is 61.6 Å². The molecule has 1 N–H and O–H groups in total. The summed E-state index contributed by atoms with van der Waals surface area (Å²) < 4.78 is 5.42. The molecule has 1 atom stereocenters. The molecule has 7 nitrogen and oxygen atoms in total. The largest absolute Gasteiger partial charge is 0.460 e. The van der Waals surface area contributed by atoms with Crippen molar-refractivity contribution < 1.29 is 14.6 Å². The van der Waals surface area contributed by atoms with E-state index in [1.165, 1.54) is 0 Å². The van der Waals surface area contributed by atoms with Crippen LogP contribution in [0.3, 0.4) is 0 Å². The number of likely N-dealkylation sites (tertiary alicyclic amines) is 1. The first-order valence-electron chi connectivity index (χ1n) is 10.3. The van der Waals surface area contributed by atoms with Gasteiger partial charge in [-0.3, -0.25) is 4.79 Å². The Kier molecular flexibility index (Phi) is 5.94. The second-order valence-corrected chi connectivity index (χ2v) is 7.94. The van der Waals surface area contributed by atoms with Crippen molar-refractivity contribution in [2.24, 2.45) is 0 Å². The summed E-state index contributed by atoms with van der Waals surface area (Å²) in [6.07, 6.45) is 0.890. The SMILES string of the molecule is CN1CCC(O)(c2nc3ccccc3nc2C(C#N)C(=O)OCc2ccccc2)CC1. The number of hydrogen-bond donors (Lipinski definition) is 1. The first-order chi connectivity index (χ1) is 15.0. The van der Waals surface area contributed by atoms with Gasteiger partial charge in [-0.15, -0.1) is 0 Å². The Morgan fingerprint density at radius 3 is 2.39 bits per heavy atom. The molecule has 0 bridgehead atoms. The van der Waals surface area contributed by atoms with Crippen molar-refractivity contribution in [1.82, 2.24) is 14.9 Å². The molecule has 1 aromatic heterocycles. The van der Waals surface area contributed by atoms with E-state index in [9.17, 15) is 15.2 Å². The predicted molar refractivity (Wildman–Crippen MR) is 115 cm³/mol. The lowest BCUT2D eigenvalue weighted by atomic mass is 9.84. The minimum absolute atomic E-state index is 0.0588. The molecule has 2 heterocycles. The number of nitriles is 1. The van der Waals surface area contributed by atoms with Gasteiger partial charge in [0.15, 0.2) is 5.92 Å². The Labute approximate surface area is 180 Å². The summed E-state index contributed by atoms with van der Waals surface area (Å²) >= 11 is 0. The van der Waals surface area contributed by atoms with Crippen LogP contribution < -0.4 is 0 Å². The van der Waals surface area contributed by atoms with Crippen molar-refractivity contribution in [3.05, 3.63) is 71.5 Å². The molecule has 1 saturated heterocycles. The van der Waals surface area contributed by atoms with Gasteiger partial charge >= 0.3 is 5.97 Å². The van der Waals surface area contributed by atoms with Gasteiger partial charge in [-0.1, -0.05) is 42.5 Å². The van der Waals surface area contributed by atoms with Gasteiger partial charge in [0.25, 0.3) is 0 Å². The van der Waals surface area contributed by atoms with Crippen LogP contribution in [0.2, 0.25) is 0 Å². The molecule has 31 heavy (non-hydrogen) atoms. The van der Waals surface area contributed by atoms with Crippen molar-refractivity contribution in [2.45, 2.75) is 31.0 Å². The number of carbonyl (C=O) groups is 1. The Balaban J connectivity index is 1.71. The number of rotatable bonds is 5. The molecule has 0 saturated carbocycles. The molecule has 158 valence electrons. The number of aromatic nitrogens is 2. The van der Waals surface area contributed by atoms with E-state index in [0.29, 0.717) is 42.7 Å². The Morgan fingerprint density at radius 2 is 1.74 bits per heavy atom. The van der Waals surface area contributed by atoms with Crippen LogP contribution in [-0.4, -0.2) is 46.1 Å². The van der Waals surface area contributed by atoms with E-state index < -0.39 is 17.5 Å². The summed E-state index contributed by atoms with van der Waals surface area (Å²) in [7, 11) is 1.99. The molecular weight excluding hydrogens is 392 g/mol. The topological polar surface area (TPSA) is 99.3 Å². The highest BCUT2D eigenvalue weighted by molar-refractivity contribution is 5.83. The van der Waals surface area contributed by atoms with Crippen LogP contribution in [0.15, 0.2) is 54.6 Å². The maximum Gasteiger partial charge on any atom is 0.329 e. The van der Waals surface area contributed by atoms with Crippen LogP contribution in [0, 0.1) is 11.3 Å². The molecule has 0 radical (unpaired) electrons. The van der Waals surface area contributed by atoms with Gasteiger partial charge in [0.05, 0.1) is 28.5 Å². The fourth-order valence-corrected chi connectivity index (χ4v) is 3.82. The number of nitrogens with zero attached hydrogens (tertiary/aromatic N) is 4. The summed E-state index contributed by atoms with van der Waals surface area (Å²) in [5.41, 5.74) is 1.21. The molecule has 1 unspecified atom stereocenters. The maximum absolute atomic E-state index is 12.9. The second kappa shape index (κ2) is 8.80. The summed E-state index contributed by atoms with van der Waals surface area (Å²) in [5.74, 6) is -1.98. The smallest absolute Gasteiger partial charge is 0.329 e. The van der Waals surface area contributed by atoms with Crippen molar-refractivity contribution in [3.63, 3.8) is 0 Å². The number of carbonyl (C=O) groups excluding carboxylic acids is 1. The minimum Gasteiger partial charge on any atom is -0.460 e. The quantitative estimate of drug-likeness (QED) is 0.639. The summed E-state index contributed by atoms with van der Waals surface area (Å²) in [6, 6.07) is 18.5. The van der Waals surface area contributed by atoms with Gasteiger partial charge in [0, 0.05) is 13.1 Å². The molecular formula is C24H24N4O3. The van der Waals surface area contributed by atoms with Gasteiger partial charge in [0.1, 0.15) is 12.2 Å². The van der Waals surface area contributed by atoms with Gasteiger partial charge in [0.2, 0.25) is 0 Å². The third-order valence-electron chi connectivity index (χ3n) is 5.71. The molecule has 2 aromatic carbocycles. The maximum atomic E-state index is 12.9. The van der Waals surface area contributed by atoms with E-state index in [0.717, 1.165) is 5.56 Å². The van der Waals surface area contributed by atoms with Crippen LogP contribution >= 0.6 is 0 Å². The summed E-state index contributed by atoms with van der Waals surface area (Å²) in [6.45, 7) is 1.42. The van der Waals surface area contributed by atoms with Gasteiger partial charge in [-0.05, 0) is 37.6 Å². The van der Waals surface area contributed by atoms with E-state index >= 15 is 0 Å². The van der Waals surface area contributed by atoms with Gasteiger partial charge in [-0.2, -0.15) is 5.26 Å². The number of para-hydroxylation sites is 2. The number of ether oxygens (including phenoxy) is 1. The van der Waals surface area contributed by atoms with Crippen LogP contribution in [0.4, 0.5) is 0 Å². The van der Waals surface area contributed by atoms with Crippen molar-refractivity contribution >= 4 is 17.0 Å². The predicted octanol–water partition coefficient (Wildman–Crippen LogP) is 2.89. The zero-order valence-electron chi connectivity index (χ0n) is 17.4. The average Bonchev–Trinajstić information content (AvgIpc) is 2.80. The van der Waals surface area contributed by atoms with Crippen LogP contribution in [0.25, 0.3) is 11.0 Å². The van der Waals surface area contributed by atoms with E-state index in [-0.39, 0.29) is 12.3 Å². The summed E-state index contributed by atoms with van der Waals surface area (Å²) in [5, 5.41) is 21.3. The Hall–Kier alpha value is -3.34. The highest BCUT2D eigenvalue weighted by Crippen LogP contribution is 2.36. The molecule has 1 fully saturated rings. The van der Waals surface area contributed by atoms with Gasteiger partial charge in [-0.25, -0.2) is 9.97 Å². The molecule has 1 aliphatic heterocycles. The number of esters is 1. The molecule has 0 amide bonds. The van der Waals surface area contributed by atoms with Crippen molar-refractivity contribution in [1.29, 1.82) is 5.26 Å². The lowest BCUT2D eigenvalue weighted by Gasteiger charge is -2.37. The number of aliphatic hydroxyl groups is 1. The molecule has 3 aromatic rings. The molecule has 1 aliphatic rings. The fourth-order valence-electron chi connectivity index (χ4n) is 3.82.